The molecule has 2 aromatic rings. The van der Waals surface area contributed by atoms with Gasteiger partial charge in [-0.15, -0.1) is 0 Å². The van der Waals surface area contributed by atoms with Gasteiger partial charge in [-0.25, -0.2) is 0 Å². The van der Waals surface area contributed by atoms with E-state index in [1.807, 2.05) is 0 Å². The summed E-state index contributed by atoms with van der Waals surface area (Å²) < 4.78 is 0. The Labute approximate surface area is 127 Å². The highest BCUT2D eigenvalue weighted by molar-refractivity contribution is 5.37. The summed E-state index contributed by atoms with van der Waals surface area (Å²) in [6.45, 7) is 4.30. The lowest BCUT2D eigenvalue weighted by atomic mass is 9.95. The summed E-state index contributed by atoms with van der Waals surface area (Å²) in [6, 6.07) is 13.8. The van der Waals surface area contributed by atoms with E-state index < -0.39 is 0 Å². The fraction of sp³-hybridized carbons (Fsp3) is 0.368. The maximum atomic E-state index is 5.82. The molecule has 0 saturated carbocycles. The van der Waals surface area contributed by atoms with Crippen molar-refractivity contribution < 1.29 is 0 Å². The molecule has 2 heteroatoms. The normalized spacial score (nSPS) is 15.0. The summed E-state index contributed by atoms with van der Waals surface area (Å²) in [5.41, 5.74) is 11.3. The quantitative estimate of drug-likeness (QED) is 0.664. The van der Waals surface area contributed by atoms with Crippen LogP contribution in [0.25, 0.3) is 0 Å². The molecule has 0 spiro atoms. The van der Waals surface area contributed by atoms with Gasteiger partial charge in [0.05, 0.1) is 0 Å². The van der Waals surface area contributed by atoms with Crippen molar-refractivity contribution in [1.82, 2.24) is 5.43 Å². The molecule has 0 aromatic heterocycles. The number of nitrogens with two attached hydrogens (primary N) is 1. The predicted octanol–water partition coefficient (Wildman–Crippen LogP) is 3.54. The average Bonchev–Trinajstić information content (AvgIpc) is 2.91. The van der Waals surface area contributed by atoms with E-state index in [0.717, 1.165) is 6.42 Å². The fourth-order valence-electron chi connectivity index (χ4n) is 3.50. The van der Waals surface area contributed by atoms with Crippen LogP contribution in [0.15, 0.2) is 36.4 Å². The highest BCUT2D eigenvalue weighted by Crippen LogP contribution is 2.27. The molecule has 1 atom stereocenters. The van der Waals surface area contributed by atoms with Gasteiger partial charge in [-0.3, -0.25) is 11.3 Å². The third kappa shape index (κ3) is 3.17. The zero-order chi connectivity index (χ0) is 14.8. The first kappa shape index (κ1) is 14.3. The van der Waals surface area contributed by atoms with Gasteiger partial charge in [0.1, 0.15) is 0 Å². The maximum Gasteiger partial charge on any atom is 0.0500 e. The summed E-state index contributed by atoms with van der Waals surface area (Å²) in [4.78, 5) is 0. The summed E-state index contributed by atoms with van der Waals surface area (Å²) in [6.07, 6.45) is 4.66. The number of nitrogens with one attached hydrogen (secondary N) is 1. The van der Waals surface area contributed by atoms with Gasteiger partial charge >= 0.3 is 0 Å². The highest BCUT2D eigenvalue weighted by Gasteiger charge is 2.16. The maximum absolute atomic E-state index is 5.82. The van der Waals surface area contributed by atoms with Gasteiger partial charge in [0, 0.05) is 6.04 Å². The monoisotopic (exact) mass is 280 g/mol. The third-order valence-electron chi connectivity index (χ3n) is 4.45. The van der Waals surface area contributed by atoms with Gasteiger partial charge in [0.25, 0.3) is 0 Å². The van der Waals surface area contributed by atoms with Gasteiger partial charge in [-0.1, -0.05) is 47.5 Å². The lowest BCUT2D eigenvalue weighted by Crippen LogP contribution is -2.29. The Kier molecular flexibility index (Phi) is 4.09. The number of hydrazine groups is 1. The fourth-order valence-corrected chi connectivity index (χ4v) is 3.50. The number of hydrogen-bond donors (Lipinski definition) is 2. The summed E-state index contributed by atoms with van der Waals surface area (Å²) in [5, 5.41) is 0. The summed E-state index contributed by atoms with van der Waals surface area (Å²) >= 11 is 0. The number of aryl methyl sites for hydroxylation is 4. The Morgan fingerprint density at radius 2 is 1.71 bits per heavy atom. The van der Waals surface area contributed by atoms with E-state index in [1.54, 1.807) is 0 Å². The van der Waals surface area contributed by atoms with Crippen molar-refractivity contribution in [1.29, 1.82) is 0 Å². The Morgan fingerprint density at radius 1 is 1.00 bits per heavy atom. The summed E-state index contributed by atoms with van der Waals surface area (Å²) in [5.74, 6) is 5.82. The number of fused-ring (bicyclic) bond motifs is 1. The van der Waals surface area contributed by atoms with Crippen molar-refractivity contribution in [2.24, 2.45) is 5.84 Å². The minimum Gasteiger partial charge on any atom is -0.271 e. The molecule has 3 N–H and O–H groups in total. The highest BCUT2D eigenvalue weighted by atomic mass is 15.2. The second-order valence-corrected chi connectivity index (χ2v) is 6.30. The van der Waals surface area contributed by atoms with Gasteiger partial charge in [-0.2, -0.15) is 0 Å². The van der Waals surface area contributed by atoms with E-state index in [1.165, 1.54) is 52.6 Å². The van der Waals surface area contributed by atoms with Crippen LogP contribution in [0.4, 0.5) is 0 Å². The van der Waals surface area contributed by atoms with Gasteiger partial charge < -0.3 is 0 Å². The molecule has 0 amide bonds. The summed E-state index contributed by atoms with van der Waals surface area (Å²) in [7, 11) is 0. The van der Waals surface area contributed by atoms with Gasteiger partial charge in [-0.05, 0) is 61.8 Å². The molecule has 1 aliphatic carbocycles. The first-order valence-electron chi connectivity index (χ1n) is 7.81. The van der Waals surface area contributed by atoms with E-state index in [9.17, 15) is 0 Å². The molecular formula is C19H24N2. The number of hydrogen-bond acceptors (Lipinski definition) is 2. The van der Waals surface area contributed by atoms with Crippen LogP contribution in [0.1, 0.15) is 45.8 Å². The van der Waals surface area contributed by atoms with Crippen molar-refractivity contribution in [3.05, 3.63) is 69.8 Å². The Balaban J connectivity index is 1.84. The van der Waals surface area contributed by atoms with Crippen LogP contribution in [-0.2, 0) is 19.3 Å². The van der Waals surface area contributed by atoms with E-state index in [2.05, 4.69) is 55.7 Å². The van der Waals surface area contributed by atoms with Crippen LogP contribution in [0, 0.1) is 13.8 Å². The molecule has 110 valence electrons. The molecule has 0 fully saturated rings. The number of rotatable bonds is 4. The van der Waals surface area contributed by atoms with Crippen LogP contribution in [0.5, 0.6) is 0 Å². The minimum atomic E-state index is 0.178. The SMILES string of the molecule is Cc1cc(C)cc(CC(NN)c2ccc3c(c2)CCC3)c1. The van der Waals surface area contributed by atoms with Crippen molar-refractivity contribution >= 4 is 0 Å². The molecule has 1 aliphatic rings. The molecule has 0 aliphatic heterocycles. The molecule has 0 saturated heterocycles. The molecule has 2 aromatic carbocycles. The topological polar surface area (TPSA) is 38.0 Å². The first-order chi connectivity index (χ1) is 10.2. The van der Waals surface area contributed by atoms with Crippen molar-refractivity contribution in [2.45, 2.75) is 45.6 Å². The average molecular weight is 280 g/mol. The second kappa shape index (κ2) is 6.00. The van der Waals surface area contributed by atoms with Gasteiger partial charge in [0.2, 0.25) is 0 Å². The van der Waals surface area contributed by atoms with Crippen molar-refractivity contribution in [3.63, 3.8) is 0 Å². The van der Waals surface area contributed by atoms with E-state index in [4.69, 9.17) is 5.84 Å². The largest absolute Gasteiger partial charge is 0.271 e. The number of benzene rings is 2. The van der Waals surface area contributed by atoms with Crippen LogP contribution in [0.2, 0.25) is 0 Å². The Bertz CT molecular complexity index is 626. The van der Waals surface area contributed by atoms with E-state index in [-0.39, 0.29) is 6.04 Å². The molecule has 3 rings (SSSR count). The van der Waals surface area contributed by atoms with Crippen LogP contribution < -0.4 is 11.3 Å². The van der Waals surface area contributed by atoms with Crippen molar-refractivity contribution in [3.8, 4) is 0 Å². The minimum absolute atomic E-state index is 0.178. The zero-order valence-corrected chi connectivity index (χ0v) is 12.9. The first-order valence-corrected chi connectivity index (χ1v) is 7.81. The van der Waals surface area contributed by atoms with Crippen LogP contribution in [-0.4, -0.2) is 0 Å². The molecule has 0 bridgehead atoms. The zero-order valence-electron chi connectivity index (χ0n) is 12.9. The molecule has 0 radical (unpaired) electrons. The standard InChI is InChI=1S/C19H24N2/c1-13-8-14(2)10-15(9-13)11-19(21-20)18-7-6-16-4-3-5-17(16)12-18/h6-10,12,19,21H,3-5,11,20H2,1-2H3. The predicted molar refractivity (Wildman–Crippen MR) is 88.2 cm³/mol. The molecule has 0 heterocycles. The smallest absolute Gasteiger partial charge is 0.0500 e. The second-order valence-electron chi connectivity index (χ2n) is 6.30. The molecular weight excluding hydrogens is 256 g/mol. The van der Waals surface area contributed by atoms with Crippen molar-refractivity contribution in [2.75, 3.05) is 0 Å². The molecule has 21 heavy (non-hydrogen) atoms. The van der Waals surface area contributed by atoms with E-state index >= 15 is 0 Å². The van der Waals surface area contributed by atoms with Crippen LogP contribution >= 0.6 is 0 Å². The lowest BCUT2D eigenvalue weighted by Gasteiger charge is -2.18. The Morgan fingerprint density at radius 3 is 2.43 bits per heavy atom. The third-order valence-corrected chi connectivity index (χ3v) is 4.45. The molecule has 2 nitrogen and oxygen atoms in total. The van der Waals surface area contributed by atoms with E-state index in [0.29, 0.717) is 0 Å². The van der Waals surface area contributed by atoms with Crippen LogP contribution in [0.3, 0.4) is 0 Å². The van der Waals surface area contributed by atoms with Gasteiger partial charge in [0.15, 0.2) is 0 Å². The lowest BCUT2D eigenvalue weighted by molar-refractivity contribution is 0.551. The Hall–Kier alpha value is -1.64. The molecule has 1 unspecified atom stereocenters.